The third-order valence-corrected chi connectivity index (χ3v) is 3.15. The summed E-state index contributed by atoms with van der Waals surface area (Å²) in [5.41, 5.74) is 0. The molecule has 1 rings (SSSR count). The molecule has 0 aromatic carbocycles. The summed E-state index contributed by atoms with van der Waals surface area (Å²) in [4.78, 5) is 15.6. The number of likely N-dealkylation sites (N-methyl/N-ethyl adjacent to an activating group) is 1. The topological polar surface area (TPSA) is 32.8 Å². The Labute approximate surface area is 97.9 Å². The van der Waals surface area contributed by atoms with Crippen LogP contribution in [-0.2, 0) is 9.53 Å². The van der Waals surface area contributed by atoms with E-state index in [4.69, 9.17) is 0 Å². The zero-order chi connectivity index (χ0) is 12.0. The highest BCUT2D eigenvalue weighted by atomic mass is 16.5. The van der Waals surface area contributed by atoms with Crippen molar-refractivity contribution in [2.75, 3.05) is 33.3 Å². The van der Waals surface area contributed by atoms with Crippen molar-refractivity contribution >= 4 is 5.97 Å². The van der Waals surface area contributed by atoms with Gasteiger partial charge in [0.05, 0.1) is 7.11 Å². The summed E-state index contributed by atoms with van der Waals surface area (Å²) < 4.78 is 4.56. The van der Waals surface area contributed by atoms with Crippen LogP contribution in [0.2, 0.25) is 0 Å². The average molecular weight is 226 g/mol. The van der Waals surface area contributed by atoms with Crippen LogP contribution in [0.3, 0.4) is 0 Å². The van der Waals surface area contributed by atoms with Crippen molar-refractivity contribution in [3.05, 3.63) is 12.3 Å². The third-order valence-electron chi connectivity index (χ3n) is 3.15. The van der Waals surface area contributed by atoms with Crippen molar-refractivity contribution in [2.24, 2.45) is 0 Å². The molecular weight excluding hydrogens is 204 g/mol. The van der Waals surface area contributed by atoms with E-state index in [1.807, 2.05) is 6.20 Å². The lowest BCUT2D eigenvalue weighted by molar-refractivity contribution is -0.134. The minimum atomic E-state index is -0.286. The summed E-state index contributed by atoms with van der Waals surface area (Å²) in [6, 6.07) is 0.622. The Kier molecular flexibility index (Phi) is 5.32. The number of carbonyl (C=O) groups excluding carboxylic acids is 1. The third kappa shape index (κ3) is 3.52. The average Bonchev–Trinajstić information content (AvgIpc) is 2.76. The minimum absolute atomic E-state index is 0.286. The Morgan fingerprint density at radius 3 is 2.75 bits per heavy atom. The zero-order valence-corrected chi connectivity index (χ0v) is 10.5. The van der Waals surface area contributed by atoms with Crippen LogP contribution in [0.4, 0.5) is 0 Å². The molecule has 0 N–H and O–H groups in total. The van der Waals surface area contributed by atoms with E-state index in [0.29, 0.717) is 6.04 Å². The molecule has 1 atom stereocenters. The van der Waals surface area contributed by atoms with Crippen LogP contribution in [0.25, 0.3) is 0 Å². The Hall–Kier alpha value is -1.03. The lowest BCUT2D eigenvalue weighted by Gasteiger charge is -2.25. The molecule has 0 amide bonds. The number of carbonyl (C=O) groups is 1. The normalized spacial score (nSPS) is 21.0. The molecule has 1 saturated heterocycles. The van der Waals surface area contributed by atoms with Crippen molar-refractivity contribution in [1.82, 2.24) is 9.80 Å². The molecule has 0 spiro atoms. The maximum atomic E-state index is 11.0. The SMILES string of the molecule is CCN(CC)C1CCN(C=CC(=O)OC)C1. The smallest absolute Gasteiger partial charge is 0.331 e. The molecule has 1 aliphatic heterocycles. The summed E-state index contributed by atoms with van der Waals surface area (Å²) in [5.74, 6) is -0.286. The summed E-state index contributed by atoms with van der Waals surface area (Å²) in [6.07, 6.45) is 4.51. The zero-order valence-electron chi connectivity index (χ0n) is 10.5. The summed E-state index contributed by atoms with van der Waals surface area (Å²) >= 11 is 0. The van der Waals surface area contributed by atoms with Gasteiger partial charge in [0, 0.05) is 31.4 Å². The minimum Gasteiger partial charge on any atom is -0.466 e. The van der Waals surface area contributed by atoms with Gasteiger partial charge in [0.1, 0.15) is 0 Å². The lowest BCUT2D eigenvalue weighted by Crippen LogP contribution is -2.36. The van der Waals surface area contributed by atoms with E-state index >= 15 is 0 Å². The van der Waals surface area contributed by atoms with E-state index in [2.05, 4.69) is 28.4 Å². The van der Waals surface area contributed by atoms with Crippen molar-refractivity contribution in [1.29, 1.82) is 0 Å². The highest BCUT2D eigenvalue weighted by molar-refractivity contribution is 5.81. The van der Waals surface area contributed by atoms with E-state index < -0.39 is 0 Å². The van der Waals surface area contributed by atoms with Gasteiger partial charge in [0.2, 0.25) is 0 Å². The maximum absolute atomic E-state index is 11.0. The number of nitrogens with zero attached hydrogens (tertiary/aromatic N) is 2. The van der Waals surface area contributed by atoms with E-state index in [9.17, 15) is 4.79 Å². The van der Waals surface area contributed by atoms with Crippen LogP contribution in [-0.4, -0.2) is 55.1 Å². The van der Waals surface area contributed by atoms with E-state index in [0.717, 1.165) is 26.2 Å². The number of esters is 1. The molecule has 0 saturated carbocycles. The van der Waals surface area contributed by atoms with Crippen molar-refractivity contribution in [3.63, 3.8) is 0 Å². The van der Waals surface area contributed by atoms with E-state index in [1.54, 1.807) is 0 Å². The number of likely N-dealkylation sites (tertiary alicyclic amines) is 1. The monoisotopic (exact) mass is 226 g/mol. The molecule has 1 fully saturated rings. The molecule has 0 aromatic rings. The first kappa shape index (κ1) is 13.0. The van der Waals surface area contributed by atoms with Gasteiger partial charge < -0.3 is 9.64 Å². The van der Waals surface area contributed by atoms with Crippen LogP contribution in [0.1, 0.15) is 20.3 Å². The van der Waals surface area contributed by atoms with Crippen LogP contribution < -0.4 is 0 Å². The highest BCUT2D eigenvalue weighted by Crippen LogP contribution is 2.15. The molecule has 1 unspecified atom stereocenters. The second kappa shape index (κ2) is 6.53. The molecule has 0 aromatic heterocycles. The second-order valence-electron chi connectivity index (χ2n) is 4.00. The molecule has 1 heterocycles. The first-order valence-electron chi connectivity index (χ1n) is 5.95. The fourth-order valence-corrected chi connectivity index (χ4v) is 2.18. The Morgan fingerprint density at radius 1 is 1.50 bits per heavy atom. The molecule has 0 radical (unpaired) electrons. The van der Waals surface area contributed by atoms with Gasteiger partial charge in [-0.25, -0.2) is 4.79 Å². The standard InChI is InChI=1S/C12H22N2O2/c1-4-14(5-2)11-6-8-13(10-11)9-7-12(15)16-3/h7,9,11H,4-6,8,10H2,1-3H3. The van der Waals surface area contributed by atoms with E-state index in [1.165, 1.54) is 19.6 Å². The first-order chi connectivity index (χ1) is 7.71. The van der Waals surface area contributed by atoms with Gasteiger partial charge in [-0.1, -0.05) is 13.8 Å². The van der Waals surface area contributed by atoms with Crippen LogP contribution in [0, 0.1) is 0 Å². The van der Waals surface area contributed by atoms with Crippen LogP contribution in [0.5, 0.6) is 0 Å². The van der Waals surface area contributed by atoms with E-state index in [-0.39, 0.29) is 5.97 Å². The van der Waals surface area contributed by atoms with Gasteiger partial charge in [-0.05, 0) is 19.5 Å². The molecular formula is C12H22N2O2. The molecule has 4 heteroatoms. The van der Waals surface area contributed by atoms with Crippen molar-refractivity contribution < 1.29 is 9.53 Å². The molecule has 1 aliphatic rings. The van der Waals surface area contributed by atoms with Crippen LogP contribution in [0.15, 0.2) is 12.3 Å². The number of ether oxygens (including phenoxy) is 1. The molecule has 0 aliphatic carbocycles. The number of hydrogen-bond acceptors (Lipinski definition) is 4. The molecule has 0 bridgehead atoms. The number of hydrogen-bond donors (Lipinski definition) is 0. The number of rotatable bonds is 5. The van der Waals surface area contributed by atoms with Gasteiger partial charge in [-0.3, -0.25) is 4.90 Å². The predicted molar refractivity (Wildman–Crippen MR) is 64.1 cm³/mol. The second-order valence-corrected chi connectivity index (χ2v) is 4.00. The highest BCUT2D eigenvalue weighted by Gasteiger charge is 2.24. The largest absolute Gasteiger partial charge is 0.466 e. The maximum Gasteiger partial charge on any atom is 0.331 e. The Bertz CT molecular complexity index is 249. The van der Waals surface area contributed by atoms with Crippen molar-refractivity contribution in [2.45, 2.75) is 26.3 Å². The fourth-order valence-electron chi connectivity index (χ4n) is 2.18. The molecule has 4 nitrogen and oxygen atoms in total. The quantitative estimate of drug-likeness (QED) is 0.519. The van der Waals surface area contributed by atoms with Gasteiger partial charge in [-0.15, -0.1) is 0 Å². The number of methoxy groups -OCH3 is 1. The summed E-state index contributed by atoms with van der Waals surface area (Å²) in [5, 5.41) is 0. The molecule has 92 valence electrons. The lowest BCUT2D eigenvalue weighted by atomic mass is 10.2. The fraction of sp³-hybridized carbons (Fsp3) is 0.750. The first-order valence-corrected chi connectivity index (χ1v) is 5.95. The van der Waals surface area contributed by atoms with Gasteiger partial charge >= 0.3 is 5.97 Å². The predicted octanol–water partition coefficient (Wildman–Crippen LogP) is 1.09. The van der Waals surface area contributed by atoms with Crippen molar-refractivity contribution in [3.8, 4) is 0 Å². The molecule has 16 heavy (non-hydrogen) atoms. The van der Waals surface area contributed by atoms with Gasteiger partial charge in [-0.2, -0.15) is 0 Å². The van der Waals surface area contributed by atoms with Gasteiger partial charge in [0.15, 0.2) is 0 Å². The van der Waals surface area contributed by atoms with Crippen LogP contribution >= 0.6 is 0 Å². The Morgan fingerprint density at radius 2 is 2.19 bits per heavy atom. The Balaban J connectivity index is 2.40. The van der Waals surface area contributed by atoms with Gasteiger partial charge in [0.25, 0.3) is 0 Å². The summed E-state index contributed by atoms with van der Waals surface area (Å²) in [7, 11) is 1.40. The summed E-state index contributed by atoms with van der Waals surface area (Å²) in [6.45, 7) is 8.60.